The third kappa shape index (κ3) is 6.75. The Morgan fingerprint density at radius 1 is 0.743 bits per heavy atom. The van der Waals surface area contributed by atoms with E-state index in [4.69, 9.17) is 14.2 Å². The third-order valence-corrected chi connectivity index (χ3v) is 6.06. The lowest BCUT2D eigenvalue weighted by molar-refractivity contribution is 0.0664. The number of fused-ring (bicyclic) bond motifs is 1. The maximum atomic E-state index is 10.9. The van der Waals surface area contributed by atoms with Crippen molar-refractivity contribution in [3.63, 3.8) is 0 Å². The van der Waals surface area contributed by atoms with Crippen LogP contribution in [0, 0.1) is 0 Å². The van der Waals surface area contributed by atoms with E-state index in [9.17, 15) is 5.11 Å². The van der Waals surface area contributed by atoms with Crippen LogP contribution in [0.3, 0.4) is 0 Å². The second-order valence-corrected chi connectivity index (χ2v) is 8.60. The monoisotopic (exact) mass is 471 g/mol. The molecular weight excluding hydrogens is 438 g/mol. The van der Waals surface area contributed by atoms with E-state index >= 15 is 0 Å². The van der Waals surface area contributed by atoms with E-state index in [1.54, 1.807) is 14.2 Å². The zero-order valence-corrected chi connectivity index (χ0v) is 20.4. The zero-order valence-electron chi connectivity index (χ0n) is 20.4. The lowest BCUT2D eigenvalue weighted by Crippen LogP contribution is -2.36. The van der Waals surface area contributed by atoms with Crippen LogP contribution in [-0.2, 0) is 13.0 Å². The Balaban J connectivity index is 1.41. The van der Waals surface area contributed by atoms with Gasteiger partial charge in [0.05, 0.1) is 14.2 Å². The summed E-state index contributed by atoms with van der Waals surface area (Å²) >= 11 is 0. The van der Waals surface area contributed by atoms with Crippen LogP contribution in [0.15, 0.2) is 91.0 Å². The molecule has 182 valence electrons. The van der Waals surface area contributed by atoms with Crippen molar-refractivity contribution in [1.82, 2.24) is 4.90 Å². The van der Waals surface area contributed by atoms with Gasteiger partial charge in [-0.15, -0.1) is 0 Å². The molecule has 0 saturated carbocycles. The molecule has 0 spiro atoms. The summed E-state index contributed by atoms with van der Waals surface area (Å²) < 4.78 is 16.9. The van der Waals surface area contributed by atoms with Crippen LogP contribution in [-0.4, -0.2) is 50.0 Å². The Labute approximate surface area is 207 Å². The van der Waals surface area contributed by atoms with Gasteiger partial charge in [0.15, 0.2) is 11.5 Å². The SMILES string of the molecule is COc1ccc(CCN(Cc2ccccc2)CC(O)COc2cccc3ccccc23)cc1OC. The summed E-state index contributed by atoms with van der Waals surface area (Å²) in [5, 5.41) is 13.1. The van der Waals surface area contributed by atoms with Gasteiger partial charge < -0.3 is 19.3 Å². The van der Waals surface area contributed by atoms with Crippen LogP contribution in [0.2, 0.25) is 0 Å². The van der Waals surface area contributed by atoms with Crippen molar-refractivity contribution >= 4 is 10.8 Å². The number of methoxy groups -OCH3 is 2. The molecule has 0 bridgehead atoms. The summed E-state index contributed by atoms with van der Waals surface area (Å²) in [6.45, 7) is 2.28. The van der Waals surface area contributed by atoms with Crippen molar-refractivity contribution in [2.45, 2.75) is 19.1 Å². The van der Waals surface area contributed by atoms with Gasteiger partial charge in [0.2, 0.25) is 0 Å². The summed E-state index contributed by atoms with van der Waals surface area (Å²) in [5.41, 5.74) is 2.36. The Bertz CT molecular complexity index is 1210. The lowest BCUT2D eigenvalue weighted by Gasteiger charge is -2.25. The van der Waals surface area contributed by atoms with Gasteiger partial charge in [0.1, 0.15) is 18.5 Å². The highest BCUT2D eigenvalue weighted by Gasteiger charge is 2.15. The van der Waals surface area contributed by atoms with Crippen molar-refractivity contribution in [1.29, 1.82) is 0 Å². The van der Waals surface area contributed by atoms with Crippen molar-refractivity contribution in [2.75, 3.05) is 33.9 Å². The van der Waals surface area contributed by atoms with Crippen LogP contribution in [0.25, 0.3) is 10.8 Å². The number of ether oxygens (including phenoxy) is 3. The molecule has 0 aliphatic carbocycles. The predicted molar refractivity (Wildman–Crippen MR) is 140 cm³/mol. The van der Waals surface area contributed by atoms with E-state index in [0.29, 0.717) is 6.54 Å². The summed E-state index contributed by atoms with van der Waals surface area (Å²) in [5.74, 6) is 2.24. The fraction of sp³-hybridized carbons (Fsp3) is 0.267. The van der Waals surface area contributed by atoms with Crippen LogP contribution in [0.4, 0.5) is 0 Å². The number of rotatable bonds is 12. The molecule has 0 aromatic heterocycles. The highest BCUT2D eigenvalue weighted by molar-refractivity contribution is 5.88. The molecular formula is C30H33NO4. The first-order chi connectivity index (χ1) is 17.2. The maximum Gasteiger partial charge on any atom is 0.160 e. The molecule has 0 fully saturated rings. The first kappa shape index (κ1) is 24.6. The molecule has 5 heteroatoms. The Kier molecular flexibility index (Phi) is 8.60. The van der Waals surface area contributed by atoms with Gasteiger partial charge in [0, 0.05) is 25.0 Å². The fourth-order valence-electron chi connectivity index (χ4n) is 4.26. The summed E-state index contributed by atoms with van der Waals surface area (Å²) in [6, 6.07) is 30.5. The number of benzene rings is 4. The first-order valence-corrected chi connectivity index (χ1v) is 11.9. The molecule has 1 atom stereocenters. The Morgan fingerprint density at radius 3 is 2.29 bits per heavy atom. The van der Waals surface area contributed by atoms with Crippen molar-refractivity contribution in [3.8, 4) is 17.2 Å². The molecule has 4 rings (SSSR count). The van der Waals surface area contributed by atoms with Gasteiger partial charge in [0.25, 0.3) is 0 Å². The topological polar surface area (TPSA) is 51.2 Å². The van der Waals surface area contributed by atoms with Crippen LogP contribution in [0.5, 0.6) is 17.2 Å². The smallest absolute Gasteiger partial charge is 0.160 e. The van der Waals surface area contributed by atoms with E-state index in [0.717, 1.165) is 53.1 Å². The molecule has 0 saturated heterocycles. The Hall–Kier alpha value is -3.54. The Morgan fingerprint density at radius 2 is 1.49 bits per heavy atom. The normalized spacial score (nSPS) is 12.0. The van der Waals surface area contributed by atoms with E-state index in [-0.39, 0.29) is 6.61 Å². The number of hydrogen-bond donors (Lipinski definition) is 1. The lowest BCUT2D eigenvalue weighted by atomic mass is 10.1. The molecule has 0 aliphatic rings. The van der Waals surface area contributed by atoms with E-state index < -0.39 is 6.10 Å². The molecule has 0 heterocycles. The predicted octanol–water partition coefficient (Wildman–Crippen LogP) is 5.34. The van der Waals surface area contributed by atoms with Crippen LogP contribution < -0.4 is 14.2 Å². The molecule has 0 radical (unpaired) electrons. The maximum absolute atomic E-state index is 10.9. The van der Waals surface area contributed by atoms with Gasteiger partial charge in [-0.3, -0.25) is 4.90 Å². The van der Waals surface area contributed by atoms with Gasteiger partial charge >= 0.3 is 0 Å². The van der Waals surface area contributed by atoms with Crippen LogP contribution in [0.1, 0.15) is 11.1 Å². The minimum Gasteiger partial charge on any atom is -0.493 e. The molecule has 4 aromatic rings. The largest absolute Gasteiger partial charge is 0.493 e. The fourth-order valence-corrected chi connectivity index (χ4v) is 4.26. The summed E-state index contributed by atoms with van der Waals surface area (Å²) in [6.07, 6.45) is 0.201. The number of nitrogens with zero attached hydrogens (tertiary/aromatic N) is 1. The van der Waals surface area contributed by atoms with Gasteiger partial charge in [-0.05, 0) is 41.1 Å². The second-order valence-electron chi connectivity index (χ2n) is 8.60. The minimum atomic E-state index is -0.622. The molecule has 0 amide bonds. The van der Waals surface area contributed by atoms with E-state index in [1.807, 2.05) is 60.7 Å². The van der Waals surface area contributed by atoms with Crippen molar-refractivity contribution in [3.05, 3.63) is 102 Å². The molecule has 5 nitrogen and oxygen atoms in total. The quantitative estimate of drug-likeness (QED) is 0.302. The highest BCUT2D eigenvalue weighted by atomic mass is 16.5. The van der Waals surface area contributed by atoms with Crippen LogP contribution >= 0.6 is 0 Å². The van der Waals surface area contributed by atoms with E-state index in [2.05, 4.69) is 35.2 Å². The first-order valence-electron chi connectivity index (χ1n) is 11.9. The molecule has 1 N–H and O–H groups in total. The van der Waals surface area contributed by atoms with Gasteiger partial charge in [-0.1, -0.05) is 72.8 Å². The molecule has 0 aliphatic heterocycles. The third-order valence-electron chi connectivity index (χ3n) is 6.06. The second kappa shape index (κ2) is 12.2. The van der Waals surface area contributed by atoms with Gasteiger partial charge in [-0.2, -0.15) is 0 Å². The molecule has 1 unspecified atom stereocenters. The minimum absolute atomic E-state index is 0.232. The van der Waals surface area contributed by atoms with Gasteiger partial charge in [-0.25, -0.2) is 0 Å². The standard InChI is InChI=1S/C30H33NO4/c1-33-29-16-15-23(19-30(29)34-2)17-18-31(20-24-9-4-3-5-10-24)21-26(32)22-35-28-14-8-12-25-11-6-7-13-27(25)28/h3-16,19,26,32H,17-18,20-22H2,1-2H3. The average molecular weight is 472 g/mol. The summed E-state index contributed by atoms with van der Waals surface area (Å²) in [7, 11) is 3.29. The number of hydrogen-bond acceptors (Lipinski definition) is 5. The number of aliphatic hydroxyl groups is 1. The van der Waals surface area contributed by atoms with E-state index in [1.165, 1.54) is 5.56 Å². The van der Waals surface area contributed by atoms with Crippen molar-refractivity contribution < 1.29 is 19.3 Å². The highest BCUT2D eigenvalue weighted by Crippen LogP contribution is 2.28. The molecule has 4 aromatic carbocycles. The number of aliphatic hydroxyl groups excluding tert-OH is 1. The zero-order chi connectivity index (χ0) is 24.5. The molecule has 35 heavy (non-hydrogen) atoms. The summed E-state index contributed by atoms with van der Waals surface area (Å²) in [4.78, 5) is 2.27. The average Bonchev–Trinajstić information content (AvgIpc) is 2.91. The van der Waals surface area contributed by atoms with Crippen molar-refractivity contribution in [2.24, 2.45) is 0 Å².